The van der Waals surface area contributed by atoms with Gasteiger partial charge in [-0.05, 0) is 76.1 Å². The lowest BCUT2D eigenvalue weighted by Crippen LogP contribution is -2.52. The van der Waals surface area contributed by atoms with Crippen molar-refractivity contribution in [2.24, 2.45) is 0 Å². The Hall–Kier alpha value is -3.37. The van der Waals surface area contributed by atoms with Crippen molar-refractivity contribution in [2.75, 3.05) is 31.1 Å². The van der Waals surface area contributed by atoms with Crippen LogP contribution in [0.5, 0.6) is 0 Å². The molecule has 4 aromatic rings. The summed E-state index contributed by atoms with van der Waals surface area (Å²) in [7, 11) is 0. The molecule has 0 N–H and O–H groups in total. The number of nitrogens with zero attached hydrogens (tertiary/aromatic N) is 4. The number of piperazine rings is 1. The largest absolute Gasteiger partial charge is 0.366 e. The highest BCUT2D eigenvalue weighted by atomic mass is 15.3. The topological polar surface area (TPSA) is 24.3 Å². The zero-order valence-electron chi connectivity index (χ0n) is 21.2. The first-order valence-corrected chi connectivity index (χ1v) is 12.8. The molecule has 0 radical (unpaired) electrons. The number of anilines is 1. The second-order valence-corrected chi connectivity index (χ2v) is 9.92. The van der Waals surface area contributed by atoms with Gasteiger partial charge in [-0.3, -0.25) is 4.90 Å². The standard InChI is InChI=1S/C31H36N4/c1-24-14-16-27(17-15-24)31-22-28(32-35(31)29-11-5-4-6-12-29)10-8-18-33-19-20-34(26(3)23-33)30-13-7-9-25(2)21-30/h4-7,9,11-17,21-22,26H,8,10,18-20,23H2,1-3H3. The van der Waals surface area contributed by atoms with E-state index in [1.807, 2.05) is 0 Å². The van der Waals surface area contributed by atoms with E-state index in [2.05, 4.69) is 120 Å². The number of hydrogen-bond acceptors (Lipinski definition) is 3. The fraction of sp³-hybridized carbons (Fsp3) is 0.323. The zero-order chi connectivity index (χ0) is 24.2. The molecule has 4 nitrogen and oxygen atoms in total. The highest BCUT2D eigenvalue weighted by Crippen LogP contribution is 2.26. The summed E-state index contributed by atoms with van der Waals surface area (Å²) < 4.78 is 2.10. The Bertz CT molecular complexity index is 1240. The lowest BCUT2D eigenvalue weighted by atomic mass is 10.1. The van der Waals surface area contributed by atoms with Gasteiger partial charge in [-0.1, -0.05) is 60.2 Å². The summed E-state index contributed by atoms with van der Waals surface area (Å²) >= 11 is 0. The molecular formula is C31H36N4. The summed E-state index contributed by atoms with van der Waals surface area (Å²) in [6.45, 7) is 11.1. The first-order valence-electron chi connectivity index (χ1n) is 12.8. The van der Waals surface area contributed by atoms with Crippen LogP contribution in [0.25, 0.3) is 16.9 Å². The maximum Gasteiger partial charge on any atom is 0.0743 e. The molecule has 1 aromatic heterocycles. The molecule has 5 rings (SSSR count). The summed E-state index contributed by atoms with van der Waals surface area (Å²) in [5.41, 5.74) is 8.60. The molecule has 0 saturated carbocycles. The number of hydrogen-bond donors (Lipinski definition) is 0. The van der Waals surface area contributed by atoms with Crippen molar-refractivity contribution < 1.29 is 0 Å². The molecule has 4 heteroatoms. The molecule has 180 valence electrons. The normalized spacial score (nSPS) is 16.5. The van der Waals surface area contributed by atoms with Crippen molar-refractivity contribution in [1.29, 1.82) is 0 Å². The molecule has 1 atom stereocenters. The summed E-state index contributed by atoms with van der Waals surface area (Å²) in [6.07, 6.45) is 2.11. The average Bonchev–Trinajstić information content (AvgIpc) is 3.29. The fourth-order valence-corrected chi connectivity index (χ4v) is 5.16. The van der Waals surface area contributed by atoms with Gasteiger partial charge in [-0.15, -0.1) is 0 Å². The minimum absolute atomic E-state index is 0.524. The minimum Gasteiger partial charge on any atom is -0.366 e. The van der Waals surface area contributed by atoms with Gasteiger partial charge in [-0.25, -0.2) is 4.68 Å². The van der Waals surface area contributed by atoms with E-state index in [1.54, 1.807) is 0 Å². The maximum atomic E-state index is 5.03. The van der Waals surface area contributed by atoms with Crippen LogP contribution >= 0.6 is 0 Å². The molecule has 0 aliphatic carbocycles. The van der Waals surface area contributed by atoms with E-state index in [9.17, 15) is 0 Å². The second-order valence-electron chi connectivity index (χ2n) is 9.92. The van der Waals surface area contributed by atoms with Gasteiger partial charge in [-0.2, -0.15) is 5.10 Å². The SMILES string of the molecule is Cc1ccc(-c2cc(CCCN3CCN(c4cccc(C)c4)C(C)C3)nn2-c2ccccc2)cc1. The summed E-state index contributed by atoms with van der Waals surface area (Å²) in [5.74, 6) is 0. The van der Waals surface area contributed by atoms with Crippen molar-refractivity contribution in [3.63, 3.8) is 0 Å². The van der Waals surface area contributed by atoms with Crippen LogP contribution in [0.1, 0.15) is 30.2 Å². The van der Waals surface area contributed by atoms with Crippen LogP contribution in [0.2, 0.25) is 0 Å². The van der Waals surface area contributed by atoms with Crippen molar-refractivity contribution in [2.45, 2.75) is 39.7 Å². The Kier molecular flexibility index (Phi) is 7.01. The van der Waals surface area contributed by atoms with Gasteiger partial charge in [0.15, 0.2) is 0 Å². The fourth-order valence-electron chi connectivity index (χ4n) is 5.16. The Morgan fingerprint density at radius 2 is 1.57 bits per heavy atom. The Balaban J connectivity index is 1.24. The van der Waals surface area contributed by atoms with Crippen LogP contribution in [-0.2, 0) is 6.42 Å². The molecule has 35 heavy (non-hydrogen) atoms. The van der Waals surface area contributed by atoms with Gasteiger partial charge >= 0.3 is 0 Å². The van der Waals surface area contributed by atoms with Crippen molar-refractivity contribution in [1.82, 2.24) is 14.7 Å². The highest BCUT2D eigenvalue weighted by molar-refractivity contribution is 5.63. The summed E-state index contributed by atoms with van der Waals surface area (Å²) in [4.78, 5) is 5.17. The lowest BCUT2D eigenvalue weighted by molar-refractivity contribution is 0.226. The van der Waals surface area contributed by atoms with E-state index in [0.29, 0.717) is 6.04 Å². The Labute approximate surface area is 209 Å². The predicted molar refractivity (Wildman–Crippen MR) is 146 cm³/mol. The highest BCUT2D eigenvalue weighted by Gasteiger charge is 2.23. The first-order chi connectivity index (χ1) is 17.1. The van der Waals surface area contributed by atoms with Gasteiger partial charge in [0.25, 0.3) is 0 Å². The van der Waals surface area contributed by atoms with E-state index in [0.717, 1.165) is 56.1 Å². The second kappa shape index (κ2) is 10.5. The molecule has 0 bridgehead atoms. The molecule has 0 spiro atoms. The molecule has 2 heterocycles. The quantitative estimate of drug-likeness (QED) is 0.321. The minimum atomic E-state index is 0.524. The van der Waals surface area contributed by atoms with Crippen molar-refractivity contribution >= 4 is 5.69 Å². The Morgan fingerprint density at radius 3 is 2.31 bits per heavy atom. The lowest BCUT2D eigenvalue weighted by Gasteiger charge is -2.41. The zero-order valence-corrected chi connectivity index (χ0v) is 21.2. The molecule has 0 amide bonds. The van der Waals surface area contributed by atoms with Gasteiger partial charge in [0.05, 0.1) is 17.1 Å². The van der Waals surface area contributed by atoms with E-state index >= 15 is 0 Å². The van der Waals surface area contributed by atoms with Crippen LogP contribution in [-0.4, -0.2) is 46.9 Å². The van der Waals surface area contributed by atoms with Crippen LogP contribution in [0.4, 0.5) is 5.69 Å². The number of rotatable bonds is 7. The van der Waals surface area contributed by atoms with E-state index < -0.39 is 0 Å². The Morgan fingerprint density at radius 1 is 0.800 bits per heavy atom. The van der Waals surface area contributed by atoms with Crippen LogP contribution in [0.3, 0.4) is 0 Å². The van der Waals surface area contributed by atoms with Gasteiger partial charge in [0.2, 0.25) is 0 Å². The number of aromatic nitrogens is 2. The van der Waals surface area contributed by atoms with E-state index in [-0.39, 0.29) is 0 Å². The van der Waals surface area contributed by atoms with Crippen LogP contribution < -0.4 is 4.90 Å². The first kappa shape index (κ1) is 23.4. The smallest absolute Gasteiger partial charge is 0.0743 e. The summed E-state index contributed by atoms with van der Waals surface area (Å²) in [6, 6.07) is 30.9. The van der Waals surface area contributed by atoms with Crippen LogP contribution in [0.15, 0.2) is 84.9 Å². The van der Waals surface area contributed by atoms with Crippen LogP contribution in [0, 0.1) is 13.8 Å². The molecule has 1 fully saturated rings. The number of aryl methyl sites for hydroxylation is 3. The average molecular weight is 465 g/mol. The molecular weight excluding hydrogens is 428 g/mol. The third kappa shape index (κ3) is 5.49. The van der Waals surface area contributed by atoms with Gasteiger partial charge in [0, 0.05) is 36.9 Å². The predicted octanol–water partition coefficient (Wildman–Crippen LogP) is 6.30. The molecule has 1 aliphatic rings. The van der Waals surface area contributed by atoms with Crippen molar-refractivity contribution in [3.8, 4) is 16.9 Å². The molecule has 3 aromatic carbocycles. The van der Waals surface area contributed by atoms with Gasteiger partial charge in [0.1, 0.15) is 0 Å². The van der Waals surface area contributed by atoms with Gasteiger partial charge < -0.3 is 4.90 Å². The number of benzene rings is 3. The maximum absolute atomic E-state index is 5.03. The monoisotopic (exact) mass is 464 g/mol. The third-order valence-corrected chi connectivity index (χ3v) is 7.06. The summed E-state index contributed by atoms with van der Waals surface area (Å²) in [5, 5.41) is 5.03. The van der Waals surface area contributed by atoms with E-state index in [1.165, 1.54) is 22.4 Å². The molecule has 1 saturated heterocycles. The van der Waals surface area contributed by atoms with E-state index in [4.69, 9.17) is 5.10 Å². The third-order valence-electron chi connectivity index (χ3n) is 7.06. The number of para-hydroxylation sites is 1. The molecule has 1 aliphatic heterocycles. The van der Waals surface area contributed by atoms with Crippen molar-refractivity contribution in [3.05, 3.63) is 102 Å². The molecule has 1 unspecified atom stereocenters.